The molecule has 0 spiro atoms. The van der Waals surface area contributed by atoms with Crippen molar-refractivity contribution < 1.29 is 5.11 Å². The fourth-order valence-electron chi connectivity index (χ4n) is 3.14. The van der Waals surface area contributed by atoms with E-state index in [2.05, 4.69) is 41.4 Å². The predicted octanol–water partition coefficient (Wildman–Crippen LogP) is 5.02. The third-order valence-corrected chi connectivity index (χ3v) is 4.40. The number of phenolic OH excluding ortho intramolecular Hbond substituents is 1. The van der Waals surface area contributed by atoms with E-state index in [0.717, 1.165) is 23.2 Å². The van der Waals surface area contributed by atoms with Crippen LogP contribution in [0, 0.1) is 6.92 Å². The fourth-order valence-corrected chi connectivity index (χ4v) is 3.14. The topological polar surface area (TPSA) is 32.6 Å². The molecule has 2 nitrogen and oxygen atoms in total. The average Bonchev–Trinajstić information content (AvgIpc) is 2.94. The van der Waals surface area contributed by atoms with Gasteiger partial charge in [-0.3, -0.25) is 4.99 Å². The van der Waals surface area contributed by atoms with Gasteiger partial charge in [0.1, 0.15) is 5.75 Å². The molecule has 2 heteroatoms. The van der Waals surface area contributed by atoms with E-state index in [4.69, 9.17) is 0 Å². The number of rotatable bonds is 2. The summed E-state index contributed by atoms with van der Waals surface area (Å²) in [6.07, 6.45) is 2.69. The molecule has 1 aliphatic rings. The van der Waals surface area contributed by atoms with Crippen LogP contribution in [0.1, 0.15) is 22.3 Å². The first kappa shape index (κ1) is 13.8. The number of nitrogens with zero attached hydrogens (tertiary/aromatic N) is 1. The number of aromatic hydroxyl groups is 1. The summed E-state index contributed by atoms with van der Waals surface area (Å²) in [5.41, 5.74) is 7.84. The zero-order chi connectivity index (χ0) is 15.8. The molecule has 0 aliphatic heterocycles. The van der Waals surface area contributed by atoms with Crippen molar-refractivity contribution in [2.75, 3.05) is 0 Å². The predicted molar refractivity (Wildman–Crippen MR) is 94.8 cm³/mol. The van der Waals surface area contributed by atoms with Gasteiger partial charge in [0.15, 0.2) is 0 Å². The summed E-state index contributed by atoms with van der Waals surface area (Å²) in [4.78, 5) is 4.53. The summed E-state index contributed by atoms with van der Waals surface area (Å²) in [5.74, 6) is 0.296. The smallest absolute Gasteiger partial charge is 0.127 e. The molecular weight excluding hydrogens is 282 g/mol. The van der Waals surface area contributed by atoms with Gasteiger partial charge in [-0.05, 0) is 59.4 Å². The first-order valence-corrected chi connectivity index (χ1v) is 7.76. The van der Waals surface area contributed by atoms with Crippen LogP contribution >= 0.6 is 0 Å². The van der Waals surface area contributed by atoms with Gasteiger partial charge in [-0.2, -0.15) is 0 Å². The maximum Gasteiger partial charge on any atom is 0.127 e. The Kier molecular flexibility index (Phi) is 3.23. The normalized spacial score (nSPS) is 12.4. The lowest BCUT2D eigenvalue weighted by atomic mass is 10.1. The third kappa shape index (κ3) is 2.42. The minimum Gasteiger partial charge on any atom is -0.507 e. The molecule has 0 radical (unpaired) electrons. The SMILES string of the molecule is Cc1cccc(C=Nc2ccc3c(c2)Cc2ccccc2-3)c1O. The van der Waals surface area contributed by atoms with Crippen LogP contribution in [-0.4, -0.2) is 11.3 Å². The van der Waals surface area contributed by atoms with Crippen LogP contribution in [0.15, 0.2) is 65.7 Å². The lowest BCUT2D eigenvalue weighted by molar-refractivity contribution is 0.470. The average molecular weight is 299 g/mol. The number of aliphatic imine (C=N–C) groups is 1. The van der Waals surface area contributed by atoms with E-state index < -0.39 is 0 Å². The summed E-state index contributed by atoms with van der Waals surface area (Å²) in [6, 6.07) is 20.5. The Morgan fingerprint density at radius 2 is 1.74 bits per heavy atom. The molecule has 3 aromatic rings. The number of benzene rings is 3. The molecule has 0 aromatic heterocycles. The van der Waals surface area contributed by atoms with E-state index in [1.54, 1.807) is 6.21 Å². The number of aryl methyl sites for hydroxylation is 1. The van der Waals surface area contributed by atoms with E-state index in [-0.39, 0.29) is 0 Å². The van der Waals surface area contributed by atoms with Gasteiger partial charge in [0.25, 0.3) is 0 Å². The van der Waals surface area contributed by atoms with Gasteiger partial charge in [0.2, 0.25) is 0 Å². The summed E-state index contributed by atoms with van der Waals surface area (Å²) in [5, 5.41) is 10.1. The van der Waals surface area contributed by atoms with Gasteiger partial charge in [0, 0.05) is 11.8 Å². The molecule has 112 valence electrons. The Bertz CT molecular complexity index is 925. The van der Waals surface area contributed by atoms with Crippen molar-refractivity contribution in [2.45, 2.75) is 13.3 Å². The monoisotopic (exact) mass is 299 g/mol. The third-order valence-electron chi connectivity index (χ3n) is 4.40. The second kappa shape index (κ2) is 5.40. The van der Waals surface area contributed by atoms with Gasteiger partial charge in [0.05, 0.1) is 5.69 Å². The van der Waals surface area contributed by atoms with Crippen LogP contribution in [0.25, 0.3) is 11.1 Å². The van der Waals surface area contributed by atoms with Gasteiger partial charge in [-0.1, -0.05) is 42.5 Å². The van der Waals surface area contributed by atoms with Crippen molar-refractivity contribution in [1.29, 1.82) is 0 Å². The van der Waals surface area contributed by atoms with Gasteiger partial charge in [-0.15, -0.1) is 0 Å². The fraction of sp³-hybridized carbons (Fsp3) is 0.0952. The van der Waals surface area contributed by atoms with E-state index >= 15 is 0 Å². The Hall–Kier alpha value is -2.87. The lowest BCUT2D eigenvalue weighted by Gasteiger charge is -2.03. The van der Waals surface area contributed by atoms with Gasteiger partial charge >= 0.3 is 0 Å². The number of para-hydroxylation sites is 1. The molecule has 3 aromatic carbocycles. The molecule has 0 atom stereocenters. The number of fused-ring (bicyclic) bond motifs is 3. The zero-order valence-electron chi connectivity index (χ0n) is 13.0. The minimum atomic E-state index is 0.296. The van der Waals surface area contributed by atoms with E-state index in [0.29, 0.717) is 5.75 Å². The Balaban J connectivity index is 1.66. The van der Waals surface area contributed by atoms with Crippen LogP contribution in [0.3, 0.4) is 0 Å². The summed E-state index contributed by atoms with van der Waals surface area (Å²) < 4.78 is 0. The zero-order valence-corrected chi connectivity index (χ0v) is 13.0. The van der Waals surface area contributed by atoms with Crippen molar-refractivity contribution in [2.24, 2.45) is 4.99 Å². The molecule has 0 bridgehead atoms. The minimum absolute atomic E-state index is 0.296. The highest BCUT2D eigenvalue weighted by molar-refractivity contribution is 5.86. The van der Waals surface area contributed by atoms with Crippen LogP contribution in [0.2, 0.25) is 0 Å². The highest BCUT2D eigenvalue weighted by Gasteiger charge is 2.17. The van der Waals surface area contributed by atoms with Gasteiger partial charge in [-0.25, -0.2) is 0 Å². The number of hydrogen-bond acceptors (Lipinski definition) is 2. The summed E-state index contributed by atoms with van der Waals surface area (Å²) in [7, 11) is 0. The van der Waals surface area contributed by atoms with E-state index in [1.807, 2.05) is 31.2 Å². The highest BCUT2D eigenvalue weighted by atomic mass is 16.3. The lowest BCUT2D eigenvalue weighted by Crippen LogP contribution is -1.85. The van der Waals surface area contributed by atoms with Gasteiger partial charge < -0.3 is 5.11 Å². The van der Waals surface area contributed by atoms with Crippen LogP contribution in [0.4, 0.5) is 5.69 Å². The van der Waals surface area contributed by atoms with Crippen molar-refractivity contribution in [3.63, 3.8) is 0 Å². The standard InChI is InChI=1S/C21H17NO/c1-14-5-4-7-16(21(14)23)13-22-18-9-10-20-17(12-18)11-15-6-2-3-8-19(15)20/h2-10,12-13,23H,11H2,1H3. The number of hydrogen-bond donors (Lipinski definition) is 1. The van der Waals surface area contributed by atoms with Crippen LogP contribution in [-0.2, 0) is 6.42 Å². The Labute approximate surface area is 135 Å². The van der Waals surface area contributed by atoms with Crippen LogP contribution in [0.5, 0.6) is 5.75 Å². The number of phenols is 1. The molecule has 4 rings (SSSR count). The molecule has 0 saturated carbocycles. The highest BCUT2D eigenvalue weighted by Crippen LogP contribution is 2.38. The molecular formula is C21H17NO. The molecule has 23 heavy (non-hydrogen) atoms. The maximum absolute atomic E-state index is 10.1. The second-order valence-electron chi connectivity index (χ2n) is 5.95. The Morgan fingerprint density at radius 1 is 0.913 bits per heavy atom. The molecule has 0 unspecified atom stereocenters. The van der Waals surface area contributed by atoms with Crippen LogP contribution < -0.4 is 0 Å². The van der Waals surface area contributed by atoms with Crippen molar-refractivity contribution in [3.8, 4) is 16.9 Å². The molecule has 0 amide bonds. The first-order chi connectivity index (χ1) is 11.2. The van der Waals surface area contributed by atoms with Crippen molar-refractivity contribution >= 4 is 11.9 Å². The molecule has 1 aliphatic carbocycles. The van der Waals surface area contributed by atoms with Crippen molar-refractivity contribution in [1.82, 2.24) is 0 Å². The second-order valence-corrected chi connectivity index (χ2v) is 5.95. The van der Waals surface area contributed by atoms with E-state index in [9.17, 15) is 5.11 Å². The first-order valence-electron chi connectivity index (χ1n) is 7.76. The molecule has 0 heterocycles. The molecule has 1 N–H and O–H groups in total. The summed E-state index contributed by atoms with van der Waals surface area (Å²) >= 11 is 0. The van der Waals surface area contributed by atoms with E-state index in [1.165, 1.54) is 22.3 Å². The molecule has 0 saturated heterocycles. The summed E-state index contributed by atoms with van der Waals surface area (Å²) in [6.45, 7) is 1.89. The quantitative estimate of drug-likeness (QED) is 0.518. The molecule has 0 fully saturated rings. The Morgan fingerprint density at radius 3 is 2.65 bits per heavy atom. The largest absolute Gasteiger partial charge is 0.507 e. The maximum atomic E-state index is 10.1. The van der Waals surface area contributed by atoms with Crippen molar-refractivity contribution in [3.05, 3.63) is 82.9 Å².